The summed E-state index contributed by atoms with van der Waals surface area (Å²) >= 11 is 0. The third kappa shape index (κ3) is 2.33. The molecule has 92 valence electrons. The number of halogens is 2. The summed E-state index contributed by atoms with van der Waals surface area (Å²) in [5.41, 5.74) is 2.33. The predicted octanol–water partition coefficient (Wildman–Crippen LogP) is 4.97. The molecule has 0 bridgehead atoms. The van der Waals surface area contributed by atoms with E-state index < -0.39 is 11.6 Å². The summed E-state index contributed by atoms with van der Waals surface area (Å²) in [4.78, 5) is 0. The fourth-order valence-electron chi connectivity index (χ4n) is 1.84. The zero-order chi connectivity index (χ0) is 13.1. The van der Waals surface area contributed by atoms with Crippen LogP contribution >= 0.6 is 0 Å². The first-order chi connectivity index (χ1) is 8.63. The van der Waals surface area contributed by atoms with Crippen LogP contribution in [0.4, 0.5) is 8.78 Å². The first-order valence-electron chi connectivity index (χ1n) is 5.81. The van der Waals surface area contributed by atoms with Gasteiger partial charge in [-0.25, -0.2) is 8.78 Å². The number of benzene rings is 2. The molecule has 0 N–H and O–H groups in total. The predicted molar refractivity (Wildman–Crippen MR) is 71.2 cm³/mol. The maximum atomic E-state index is 13.8. The first-order valence-corrected chi connectivity index (χ1v) is 5.81. The Labute approximate surface area is 106 Å². The van der Waals surface area contributed by atoms with E-state index >= 15 is 0 Å². The standard InChI is InChI=1S/C16H14F2/c1-3-4-12-6-8-13(9-7-12)14-10-5-11(2)15(17)16(14)18/h3-10H,1-2H3/b4-3+. The Balaban J connectivity index is 2.46. The van der Waals surface area contributed by atoms with Crippen LogP contribution < -0.4 is 0 Å². The zero-order valence-electron chi connectivity index (χ0n) is 10.4. The van der Waals surface area contributed by atoms with Gasteiger partial charge in [0.15, 0.2) is 11.6 Å². The van der Waals surface area contributed by atoms with Crippen LogP contribution in [0.2, 0.25) is 0 Å². The Bertz CT molecular complexity index is 581. The fraction of sp³-hybridized carbons (Fsp3) is 0.125. The largest absolute Gasteiger partial charge is 0.203 e. The molecular weight excluding hydrogens is 230 g/mol. The van der Waals surface area contributed by atoms with Crippen molar-refractivity contribution < 1.29 is 8.78 Å². The van der Waals surface area contributed by atoms with Gasteiger partial charge in [-0.3, -0.25) is 0 Å². The molecule has 0 fully saturated rings. The fourth-order valence-corrected chi connectivity index (χ4v) is 1.84. The van der Waals surface area contributed by atoms with Crippen LogP contribution in [0.25, 0.3) is 17.2 Å². The summed E-state index contributed by atoms with van der Waals surface area (Å²) in [5.74, 6) is -1.56. The Kier molecular flexibility index (Phi) is 3.56. The molecule has 2 aromatic rings. The van der Waals surface area contributed by atoms with Crippen LogP contribution in [0.5, 0.6) is 0 Å². The van der Waals surface area contributed by atoms with E-state index in [1.807, 2.05) is 31.2 Å². The third-order valence-electron chi connectivity index (χ3n) is 2.86. The summed E-state index contributed by atoms with van der Waals surface area (Å²) in [7, 11) is 0. The summed E-state index contributed by atoms with van der Waals surface area (Å²) in [5, 5.41) is 0. The lowest BCUT2D eigenvalue weighted by Gasteiger charge is -2.06. The van der Waals surface area contributed by atoms with Crippen molar-refractivity contribution in [3.8, 4) is 11.1 Å². The van der Waals surface area contributed by atoms with E-state index in [2.05, 4.69) is 0 Å². The van der Waals surface area contributed by atoms with Gasteiger partial charge >= 0.3 is 0 Å². The highest BCUT2D eigenvalue weighted by Gasteiger charge is 2.11. The second kappa shape index (κ2) is 5.13. The van der Waals surface area contributed by atoms with E-state index in [1.54, 1.807) is 31.2 Å². The minimum Gasteiger partial charge on any atom is -0.203 e. The van der Waals surface area contributed by atoms with Crippen molar-refractivity contribution in [3.05, 3.63) is 65.2 Å². The van der Waals surface area contributed by atoms with Gasteiger partial charge in [0.1, 0.15) is 0 Å². The van der Waals surface area contributed by atoms with Gasteiger partial charge in [-0.05, 0) is 30.5 Å². The Morgan fingerprint density at radius 3 is 2.17 bits per heavy atom. The molecule has 0 aliphatic heterocycles. The van der Waals surface area contributed by atoms with Crippen LogP contribution in [-0.4, -0.2) is 0 Å². The smallest absolute Gasteiger partial charge is 0.166 e. The molecule has 0 nitrogen and oxygen atoms in total. The van der Waals surface area contributed by atoms with Gasteiger partial charge in [-0.1, -0.05) is 48.6 Å². The van der Waals surface area contributed by atoms with Crippen LogP contribution in [0.15, 0.2) is 42.5 Å². The Morgan fingerprint density at radius 2 is 1.56 bits per heavy atom. The molecule has 0 amide bonds. The number of hydrogen-bond donors (Lipinski definition) is 0. The zero-order valence-corrected chi connectivity index (χ0v) is 10.4. The molecule has 0 unspecified atom stereocenters. The Hall–Kier alpha value is -1.96. The van der Waals surface area contributed by atoms with Gasteiger partial charge in [0, 0.05) is 5.56 Å². The second-order valence-electron chi connectivity index (χ2n) is 4.18. The topological polar surface area (TPSA) is 0 Å². The summed E-state index contributed by atoms with van der Waals surface area (Å²) < 4.78 is 27.3. The van der Waals surface area contributed by atoms with E-state index in [-0.39, 0.29) is 0 Å². The lowest BCUT2D eigenvalue weighted by molar-refractivity contribution is 0.505. The number of allylic oxidation sites excluding steroid dienone is 1. The highest BCUT2D eigenvalue weighted by atomic mass is 19.2. The average molecular weight is 244 g/mol. The van der Waals surface area contributed by atoms with E-state index in [0.717, 1.165) is 5.56 Å². The van der Waals surface area contributed by atoms with Gasteiger partial charge < -0.3 is 0 Å². The van der Waals surface area contributed by atoms with Crippen LogP contribution in [-0.2, 0) is 0 Å². The van der Waals surface area contributed by atoms with Gasteiger partial charge in [-0.15, -0.1) is 0 Å². The molecule has 0 radical (unpaired) electrons. The third-order valence-corrected chi connectivity index (χ3v) is 2.86. The SMILES string of the molecule is C/C=C/c1ccc(-c2ccc(C)c(F)c2F)cc1. The summed E-state index contributed by atoms with van der Waals surface area (Å²) in [6.45, 7) is 3.49. The van der Waals surface area contributed by atoms with Crippen molar-refractivity contribution in [1.29, 1.82) is 0 Å². The van der Waals surface area contributed by atoms with Crippen LogP contribution in [0, 0.1) is 18.6 Å². The minimum atomic E-state index is -0.784. The molecule has 0 saturated carbocycles. The molecule has 18 heavy (non-hydrogen) atoms. The van der Waals surface area contributed by atoms with Crippen molar-refractivity contribution in [3.63, 3.8) is 0 Å². The van der Waals surface area contributed by atoms with Crippen molar-refractivity contribution >= 4 is 6.08 Å². The average Bonchev–Trinajstić information content (AvgIpc) is 2.38. The van der Waals surface area contributed by atoms with Gasteiger partial charge in [0.2, 0.25) is 0 Å². The van der Waals surface area contributed by atoms with E-state index in [1.165, 1.54) is 0 Å². The lowest BCUT2D eigenvalue weighted by Crippen LogP contribution is -1.92. The molecule has 0 aliphatic carbocycles. The maximum absolute atomic E-state index is 13.8. The molecule has 0 aliphatic rings. The van der Waals surface area contributed by atoms with Crippen molar-refractivity contribution in [2.45, 2.75) is 13.8 Å². The van der Waals surface area contributed by atoms with E-state index in [4.69, 9.17) is 0 Å². The quantitative estimate of drug-likeness (QED) is 0.699. The van der Waals surface area contributed by atoms with Crippen LogP contribution in [0.3, 0.4) is 0 Å². The molecule has 0 atom stereocenters. The number of rotatable bonds is 2. The van der Waals surface area contributed by atoms with Crippen LogP contribution in [0.1, 0.15) is 18.1 Å². The lowest BCUT2D eigenvalue weighted by atomic mass is 10.0. The molecule has 0 saturated heterocycles. The highest BCUT2D eigenvalue weighted by molar-refractivity contribution is 5.66. The number of hydrogen-bond acceptors (Lipinski definition) is 0. The van der Waals surface area contributed by atoms with Gasteiger partial charge in [-0.2, -0.15) is 0 Å². The highest BCUT2D eigenvalue weighted by Crippen LogP contribution is 2.26. The molecular formula is C16H14F2. The summed E-state index contributed by atoms with van der Waals surface area (Å²) in [6, 6.07) is 10.6. The van der Waals surface area contributed by atoms with Gasteiger partial charge in [0.05, 0.1) is 0 Å². The molecule has 0 aromatic heterocycles. The van der Waals surface area contributed by atoms with E-state index in [9.17, 15) is 8.78 Å². The molecule has 2 aromatic carbocycles. The van der Waals surface area contributed by atoms with Crippen molar-refractivity contribution in [1.82, 2.24) is 0 Å². The second-order valence-corrected chi connectivity index (χ2v) is 4.18. The molecule has 0 heterocycles. The first kappa shape index (κ1) is 12.5. The monoisotopic (exact) mass is 244 g/mol. The maximum Gasteiger partial charge on any atom is 0.166 e. The molecule has 0 spiro atoms. The molecule has 2 heteroatoms. The summed E-state index contributed by atoms with van der Waals surface area (Å²) in [6.07, 6.45) is 3.89. The van der Waals surface area contributed by atoms with Crippen molar-refractivity contribution in [2.75, 3.05) is 0 Å². The number of aryl methyl sites for hydroxylation is 1. The Morgan fingerprint density at radius 1 is 0.889 bits per heavy atom. The van der Waals surface area contributed by atoms with Gasteiger partial charge in [0.25, 0.3) is 0 Å². The molecule has 2 rings (SSSR count). The van der Waals surface area contributed by atoms with Crippen molar-refractivity contribution in [2.24, 2.45) is 0 Å². The minimum absolute atomic E-state index is 0.296. The normalized spacial score (nSPS) is 11.1. The van der Waals surface area contributed by atoms with E-state index in [0.29, 0.717) is 16.7 Å².